The highest BCUT2D eigenvalue weighted by Crippen LogP contribution is 2.26. The maximum atomic E-state index is 12.4. The molecule has 21 heavy (non-hydrogen) atoms. The molecule has 6 heteroatoms. The lowest BCUT2D eigenvalue weighted by Crippen LogP contribution is -2.44. The van der Waals surface area contributed by atoms with Gasteiger partial charge in [-0.05, 0) is 24.8 Å². The SMILES string of the molecule is NC1CCCc2c1ccc(=O)n2CC(=O)N1CCOCC1. The average molecular weight is 291 g/mol. The summed E-state index contributed by atoms with van der Waals surface area (Å²) >= 11 is 0. The molecule has 0 radical (unpaired) electrons. The smallest absolute Gasteiger partial charge is 0.251 e. The van der Waals surface area contributed by atoms with Crippen LogP contribution in [0.15, 0.2) is 16.9 Å². The Kier molecular flexibility index (Phi) is 4.07. The standard InChI is InChI=1S/C15H21N3O3/c16-12-2-1-3-13-11(12)4-5-14(19)18(13)10-15(20)17-6-8-21-9-7-17/h4-5,12H,1-3,6-10,16H2. The normalized spacial score (nSPS) is 22.0. The number of carbonyl (C=O) groups excluding carboxylic acids is 1. The molecule has 3 rings (SSSR count). The average Bonchev–Trinajstić information content (AvgIpc) is 2.51. The predicted octanol–water partition coefficient (Wildman–Crippen LogP) is 0.0432. The molecular formula is C15H21N3O3. The summed E-state index contributed by atoms with van der Waals surface area (Å²) in [6, 6.07) is 3.31. The predicted molar refractivity (Wildman–Crippen MR) is 78.0 cm³/mol. The minimum Gasteiger partial charge on any atom is -0.378 e. The summed E-state index contributed by atoms with van der Waals surface area (Å²) in [5, 5.41) is 0. The first-order chi connectivity index (χ1) is 10.2. The second-order valence-electron chi connectivity index (χ2n) is 5.65. The van der Waals surface area contributed by atoms with E-state index < -0.39 is 0 Å². The van der Waals surface area contributed by atoms with Crippen LogP contribution in [0.5, 0.6) is 0 Å². The van der Waals surface area contributed by atoms with Crippen LogP contribution in [0.3, 0.4) is 0 Å². The molecular weight excluding hydrogens is 270 g/mol. The molecule has 1 aromatic rings. The van der Waals surface area contributed by atoms with Crippen molar-refractivity contribution in [1.29, 1.82) is 0 Å². The molecule has 1 aromatic heterocycles. The summed E-state index contributed by atoms with van der Waals surface area (Å²) < 4.78 is 6.85. The van der Waals surface area contributed by atoms with Crippen LogP contribution in [0.1, 0.15) is 30.1 Å². The molecule has 1 amide bonds. The zero-order chi connectivity index (χ0) is 14.8. The van der Waals surface area contributed by atoms with E-state index in [1.165, 1.54) is 6.07 Å². The van der Waals surface area contributed by atoms with Crippen LogP contribution in [0.4, 0.5) is 0 Å². The van der Waals surface area contributed by atoms with Crippen LogP contribution in [0, 0.1) is 0 Å². The third kappa shape index (κ3) is 2.87. The lowest BCUT2D eigenvalue weighted by atomic mass is 9.91. The van der Waals surface area contributed by atoms with Crippen LogP contribution < -0.4 is 11.3 Å². The number of aromatic nitrogens is 1. The van der Waals surface area contributed by atoms with Gasteiger partial charge in [-0.1, -0.05) is 6.07 Å². The number of carbonyl (C=O) groups is 1. The van der Waals surface area contributed by atoms with Gasteiger partial charge in [-0.15, -0.1) is 0 Å². The van der Waals surface area contributed by atoms with E-state index in [0.29, 0.717) is 26.3 Å². The molecule has 1 atom stereocenters. The second kappa shape index (κ2) is 5.99. The van der Waals surface area contributed by atoms with Crippen molar-refractivity contribution in [3.63, 3.8) is 0 Å². The van der Waals surface area contributed by atoms with Gasteiger partial charge in [0.2, 0.25) is 5.91 Å². The molecule has 0 bridgehead atoms. The molecule has 1 unspecified atom stereocenters. The number of hydrogen-bond acceptors (Lipinski definition) is 4. The monoisotopic (exact) mass is 291 g/mol. The Morgan fingerprint density at radius 3 is 2.86 bits per heavy atom. The number of fused-ring (bicyclic) bond motifs is 1. The van der Waals surface area contributed by atoms with Crippen molar-refractivity contribution in [2.24, 2.45) is 5.73 Å². The maximum absolute atomic E-state index is 12.4. The molecule has 0 spiro atoms. The van der Waals surface area contributed by atoms with Crippen LogP contribution in [0.25, 0.3) is 0 Å². The summed E-state index contributed by atoms with van der Waals surface area (Å²) in [5.74, 6) is -0.0204. The van der Waals surface area contributed by atoms with Gasteiger partial charge in [0.1, 0.15) is 6.54 Å². The summed E-state index contributed by atoms with van der Waals surface area (Å²) in [6.45, 7) is 2.44. The van der Waals surface area contributed by atoms with E-state index in [2.05, 4.69) is 0 Å². The minimum atomic E-state index is -0.121. The number of nitrogens with zero attached hydrogens (tertiary/aromatic N) is 2. The molecule has 114 valence electrons. The topological polar surface area (TPSA) is 77.6 Å². The van der Waals surface area contributed by atoms with Gasteiger partial charge in [0.05, 0.1) is 13.2 Å². The zero-order valence-electron chi connectivity index (χ0n) is 12.1. The number of ether oxygens (including phenoxy) is 1. The van der Waals surface area contributed by atoms with E-state index in [-0.39, 0.29) is 24.1 Å². The zero-order valence-corrected chi connectivity index (χ0v) is 12.1. The van der Waals surface area contributed by atoms with Gasteiger partial charge >= 0.3 is 0 Å². The van der Waals surface area contributed by atoms with Crippen molar-refractivity contribution in [3.05, 3.63) is 33.7 Å². The first kappa shape index (κ1) is 14.3. The Balaban J connectivity index is 1.86. The summed E-state index contributed by atoms with van der Waals surface area (Å²) in [4.78, 5) is 26.3. The molecule has 1 aliphatic heterocycles. The number of morpholine rings is 1. The number of pyridine rings is 1. The van der Waals surface area contributed by atoms with Gasteiger partial charge in [-0.25, -0.2) is 0 Å². The number of rotatable bonds is 2. The van der Waals surface area contributed by atoms with Crippen molar-refractivity contribution >= 4 is 5.91 Å². The molecule has 1 aliphatic carbocycles. The molecule has 2 heterocycles. The fraction of sp³-hybridized carbons (Fsp3) is 0.600. The minimum absolute atomic E-state index is 0.0204. The summed E-state index contributed by atoms with van der Waals surface area (Å²) in [6.07, 6.45) is 2.71. The van der Waals surface area contributed by atoms with E-state index in [9.17, 15) is 9.59 Å². The van der Waals surface area contributed by atoms with Crippen LogP contribution in [-0.2, 0) is 22.5 Å². The molecule has 2 aliphatic rings. The molecule has 1 fully saturated rings. The molecule has 2 N–H and O–H groups in total. The maximum Gasteiger partial charge on any atom is 0.251 e. The van der Waals surface area contributed by atoms with E-state index in [0.717, 1.165) is 30.5 Å². The van der Waals surface area contributed by atoms with Crippen molar-refractivity contribution in [3.8, 4) is 0 Å². The third-order valence-electron chi connectivity index (χ3n) is 4.32. The largest absolute Gasteiger partial charge is 0.378 e. The van der Waals surface area contributed by atoms with Crippen molar-refractivity contribution in [2.75, 3.05) is 26.3 Å². The molecule has 0 saturated carbocycles. The van der Waals surface area contributed by atoms with Gasteiger partial charge in [0.25, 0.3) is 5.56 Å². The first-order valence-electron chi connectivity index (χ1n) is 7.50. The molecule has 0 aromatic carbocycles. The van der Waals surface area contributed by atoms with E-state index in [1.54, 1.807) is 9.47 Å². The van der Waals surface area contributed by atoms with Crippen molar-refractivity contribution in [2.45, 2.75) is 31.8 Å². The Morgan fingerprint density at radius 2 is 2.10 bits per heavy atom. The second-order valence-corrected chi connectivity index (χ2v) is 5.65. The number of amides is 1. The Bertz CT molecular complexity index is 590. The van der Waals surface area contributed by atoms with Gasteiger partial charge in [0.15, 0.2) is 0 Å². The van der Waals surface area contributed by atoms with Crippen LogP contribution in [0.2, 0.25) is 0 Å². The molecule has 1 saturated heterocycles. The highest BCUT2D eigenvalue weighted by atomic mass is 16.5. The van der Waals surface area contributed by atoms with Gasteiger partial charge in [-0.2, -0.15) is 0 Å². The fourth-order valence-corrected chi connectivity index (χ4v) is 3.12. The quantitative estimate of drug-likeness (QED) is 0.835. The number of hydrogen-bond donors (Lipinski definition) is 1. The third-order valence-corrected chi connectivity index (χ3v) is 4.32. The van der Waals surface area contributed by atoms with Crippen LogP contribution >= 0.6 is 0 Å². The highest BCUT2D eigenvalue weighted by Gasteiger charge is 2.23. The van der Waals surface area contributed by atoms with Crippen molar-refractivity contribution < 1.29 is 9.53 Å². The van der Waals surface area contributed by atoms with Gasteiger partial charge in [-0.3, -0.25) is 9.59 Å². The van der Waals surface area contributed by atoms with E-state index in [4.69, 9.17) is 10.5 Å². The summed E-state index contributed by atoms with van der Waals surface area (Å²) in [7, 11) is 0. The fourth-order valence-electron chi connectivity index (χ4n) is 3.12. The van der Waals surface area contributed by atoms with E-state index >= 15 is 0 Å². The molecule has 6 nitrogen and oxygen atoms in total. The number of nitrogens with two attached hydrogens (primary N) is 1. The van der Waals surface area contributed by atoms with Crippen molar-refractivity contribution in [1.82, 2.24) is 9.47 Å². The van der Waals surface area contributed by atoms with E-state index in [1.807, 2.05) is 6.07 Å². The van der Waals surface area contributed by atoms with Gasteiger partial charge in [0, 0.05) is 30.9 Å². The van der Waals surface area contributed by atoms with Gasteiger partial charge < -0.3 is 19.9 Å². The summed E-state index contributed by atoms with van der Waals surface area (Å²) in [5.41, 5.74) is 7.93. The highest BCUT2D eigenvalue weighted by molar-refractivity contribution is 5.76. The Hall–Kier alpha value is -1.66. The first-order valence-corrected chi connectivity index (χ1v) is 7.50. The lowest BCUT2D eigenvalue weighted by molar-refractivity contribution is -0.136. The van der Waals surface area contributed by atoms with Crippen LogP contribution in [-0.4, -0.2) is 41.7 Å². The Labute approximate surface area is 123 Å². The lowest BCUT2D eigenvalue weighted by Gasteiger charge is -2.29. The Morgan fingerprint density at radius 1 is 1.33 bits per heavy atom.